The summed E-state index contributed by atoms with van der Waals surface area (Å²) in [5.41, 5.74) is 0. The highest BCUT2D eigenvalue weighted by atomic mass is 16.8. The maximum Gasteiger partial charge on any atom is 0.366 e. The fourth-order valence-corrected chi connectivity index (χ4v) is 11.0. The topological polar surface area (TPSA) is 474 Å². The highest BCUT2D eigenvalue weighted by molar-refractivity contribution is 5.79. The number of nitrogens with one attached hydrogen (secondary N) is 2. The Morgan fingerprint density at radius 1 is 0.465 bits per heavy atom. The van der Waals surface area contributed by atoms with E-state index in [0.717, 1.165) is 104 Å². The molecule has 0 aromatic carbocycles. The lowest BCUT2D eigenvalue weighted by Gasteiger charge is -2.53. The molecule has 0 aliphatic carbocycles. The Hall–Kier alpha value is -8.53. The minimum absolute atomic E-state index is 0.122. The smallest absolute Gasteiger partial charge is 0.366 e. The number of allylic oxidation sites excluding steroid dienone is 1. The number of hydrogen-bond acceptors (Lipinski definition) is 36. The van der Waals surface area contributed by atoms with Crippen LogP contribution in [0.15, 0.2) is 12.7 Å². The fourth-order valence-electron chi connectivity index (χ4n) is 11.0. The standard InChI is InChI=1S/C61H86N2O36/c1-17-18-19-20-80-58-55(91-38(14)76)53(90-37(13)75)49(43(94-58)24-83-30(6)68)97-59-56(92-39(15)77)54(50(44(95-59)25-84-31(7)69)96-57-46(63-27(3)65)51(89-36(12)74)47(87-34(10)72)42(93-57)23-82-29(5)67)99-61(60(78)79-16)21-40(85-32(8)70)45(62-26(2)64)52(98-61)48(88-35(11)73)41(86-33(9)71)22-81-28(4)66/h17,40-59H,1,18-25H2,2-16H3,(H,62,64)(H,63,65)/t40-,41+,42+,43+,44+,45+,46+,47-,48+,49+,50-,51+,52+,53-,54-,55+,56+,57-,58+,59-,61-/m0/s1. The van der Waals surface area contributed by atoms with Gasteiger partial charge in [0.1, 0.15) is 81.3 Å². The SMILES string of the molecule is C=CCCCO[C@@H]1O[C@H](COC(C)=O)[C@@H](O[C@@H]2O[C@H](COC(C)=O)[C@H](O[C@@H]3O[C@H](COC(C)=O)[C@H](OC(C)=O)[C@H](OC(C)=O)[C@H]3NC(C)=O)[C@H](O[C@]3(C(=O)OC)C[C@H](OC(C)=O)[C@@H](NC(C)=O)[C@H]([C@H](OC(C)=O)[C@@H](COC(C)=O)OC(C)=O)O3)[C@H]2OC(C)=O)[C@H](OC(C)=O)[C@H]1OC(C)=O. The molecule has 4 aliphatic rings. The van der Waals surface area contributed by atoms with Crippen LogP contribution in [0.3, 0.4) is 0 Å². The average Bonchev–Trinajstić information content (AvgIpc) is 0.742. The third-order valence-electron chi connectivity index (χ3n) is 14.3. The van der Waals surface area contributed by atoms with Crippen LogP contribution >= 0.6 is 0 Å². The predicted octanol–water partition coefficient (Wildman–Crippen LogP) is -1.33. The number of esters is 13. The molecule has 2 N–H and O–H groups in total. The summed E-state index contributed by atoms with van der Waals surface area (Å²) in [6.07, 6.45) is -36.0. The molecule has 0 spiro atoms. The van der Waals surface area contributed by atoms with E-state index in [2.05, 4.69) is 17.2 Å². The minimum Gasteiger partial charge on any atom is -0.465 e. The molecule has 0 saturated carbocycles. The van der Waals surface area contributed by atoms with Crippen LogP contribution in [0.1, 0.15) is 116 Å². The van der Waals surface area contributed by atoms with E-state index in [9.17, 15) is 67.1 Å². The first-order valence-electron chi connectivity index (χ1n) is 30.8. The maximum atomic E-state index is 15.4. The Morgan fingerprint density at radius 2 is 0.889 bits per heavy atom. The van der Waals surface area contributed by atoms with Crippen molar-refractivity contribution in [3.05, 3.63) is 12.7 Å². The average molecular weight is 1420 g/mol. The molecule has 99 heavy (non-hydrogen) atoms. The summed E-state index contributed by atoms with van der Waals surface area (Å²) in [5, 5.41) is 5.00. The number of hydrogen-bond donors (Lipinski definition) is 2. The molecular weight excluding hydrogens is 1340 g/mol. The zero-order valence-electron chi connectivity index (χ0n) is 57.2. The van der Waals surface area contributed by atoms with Gasteiger partial charge in [-0.15, -0.1) is 6.58 Å². The molecule has 2 amide bonds. The second-order valence-electron chi connectivity index (χ2n) is 22.6. The van der Waals surface area contributed by atoms with Crippen molar-refractivity contribution in [3.8, 4) is 0 Å². The molecule has 0 aromatic rings. The number of methoxy groups -OCH3 is 1. The van der Waals surface area contributed by atoms with Crippen LogP contribution in [0.2, 0.25) is 0 Å². The molecular formula is C61H86N2O36. The van der Waals surface area contributed by atoms with Crippen molar-refractivity contribution >= 4 is 89.4 Å². The molecule has 4 aliphatic heterocycles. The van der Waals surface area contributed by atoms with Gasteiger partial charge in [0.2, 0.25) is 11.8 Å². The van der Waals surface area contributed by atoms with Crippen molar-refractivity contribution in [2.24, 2.45) is 0 Å². The minimum atomic E-state index is -3.38. The van der Waals surface area contributed by atoms with Gasteiger partial charge in [0.25, 0.3) is 5.79 Å². The lowest BCUT2D eigenvalue weighted by molar-refractivity contribution is -0.401. The number of unbranched alkanes of at least 4 members (excludes halogenated alkanes) is 1. The van der Waals surface area contributed by atoms with E-state index in [1.165, 1.54) is 0 Å². The Kier molecular flexibility index (Phi) is 32.4. The third kappa shape index (κ3) is 25.3. The summed E-state index contributed by atoms with van der Waals surface area (Å²) in [4.78, 5) is 199. The highest BCUT2D eigenvalue weighted by Gasteiger charge is 2.65. The van der Waals surface area contributed by atoms with Gasteiger partial charge in [0, 0.05) is 96.9 Å². The van der Waals surface area contributed by atoms with Crippen LogP contribution in [0, 0.1) is 0 Å². The van der Waals surface area contributed by atoms with Crippen LogP contribution in [0.25, 0.3) is 0 Å². The highest BCUT2D eigenvalue weighted by Crippen LogP contribution is 2.44. The van der Waals surface area contributed by atoms with E-state index >= 15 is 4.79 Å². The van der Waals surface area contributed by atoms with E-state index in [-0.39, 0.29) is 6.61 Å². The van der Waals surface area contributed by atoms with E-state index < -0.39 is 251 Å². The zero-order chi connectivity index (χ0) is 74.3. The van der Waals surface area contributed by atoms with Crippen molar-refractivity contribution in [1.82, 2.24) is 10.6 Å². The normalized spacial score (nSPS) is 30.0. The second-order valence-corrected chi connectivity index (χ2v) is 22.6. The zero-order valence-corrected chi connectivity index (χ0v) is 57.2. The molecule has 0 bridgehead atoms. The fraction of sp³-hybridized carbons (Fsp3) is 0.721. The van der Waals surface area contributed by atoms with Crippen molar-refractivity contribution in [2.45, 2.75) is 244 Å². The summed E-state index contributed by atoms with van der Waals surface area (Å²) in [6, 6.07) is -3.76. The number of ether oxygens (including phenoxy) is 21. The van der Waals surface area contributed by atoms with Gasteiger partial charge in [-0.2, -0.15) is 0 Å². The molecule has 21 atom stereocenters. The van der Waals surface area contributed by atoms with Gasteiger partial charge in [-0.3, -0.25) is 67.1 Å². The first-order chi connectivity index (χ1) is 46.4. The second kappa shape index (κ2) is 38.7. The molecule has 38 nitrogen and oxygen atoms in total. The maximum absolute atomic E-state index is 15.4. The van der Waals surface area contributed by atoms with E-state index in [1.807, 2.05) is 0 Å². The molecule has 556 valence electrons. The lowest BCUT2D eigenvalue weighted by Crippen LogP contribution is -2.73. The summed E-state index contributed by atoms with van der Waals surface area (Å²) < 4.78 is 125. The quantitative estimate of drug-likeness (QED) is 0.0341. The Labute approximate surface area is 567 Å². The van der Waals surface area contributed by atoms with Crippen molar-refractivity contribution in [3.63, 3.8) is 0 Å². The monoisotopic (exact) mass is 1420 g/mol. The Balaban J connectivity index is 2.31. The molecule has 0 radical (unpaired) electrons. The lowest BCUT2D eigenvalue weighted by atomic mass is 9.87. The third-order valence-corrected chi connectivity index (χ3v) is 14.3. The molecule has 38 heteroatoms. The van der Waals surface area contributed by atoms with Crippen molar-refractivity contribution < 1.29 is 171 Å². The van der Waals surface area contributed by atoms with Crippen LogP contribution in [-0.2, 0) is 171 Å². The largest absolute Gasteiger partial charge is 0.465 e. The van der Waals surface area contributed by atoms with Crippen LogP contribution in [-0.4, -0.2) is 258 Å². The summed E-state index contributed by atoms with van der Waals surface area (Å²) in [7, 11) is 0.777. The number of amides is 2. The molecule has 0 aromatic heterocycles. The van der Waals surface area contributed by atoms with Crippen molar-refractivity contribution in [1.29, 1.82) is 0 Å². The summed E-state index contributed by atoms with van der Waals surface area (Å²) in [5.74, 6) is -19.8. The van der Waals surface area contributed by atoms with Gasteiger partial charge in [0.15, 0.2) is 61.6 Å². The molecule has 4 rings (SSSR count). The van der Waals surface area contributed by atoms with Gasteiger partial charge in [-0.25, -0.2) is 4.79 Å². The van der Waals surface area contributed by atoms with Crippen LogP contribution in [0.4, 0.5) is 0 Å². The van der Waals surface area contributed by atoms with E-state index in [1.54, 1.807) is 6.08 Å². The van der Waals surface area contributed by atoms with Gasteiger partial charge in [0.05, 0.1) is 26.2 Å². The molecule has 4 fully saturated rings. The Bertz CT molecular complexity index is 2920. The van der Waals surface area contributed by atoms with Gasteiger partial charge in [-0.05, 0) is 12.8 Å². The van der Waals surface area contributed by atoms with Crippen LogP contribution < -0.4 is 10.6 Å². The van der Waals surface area contributed by atoms with Gasteiger partial charge in [-0.1, -0.05) is 6.08 Å². The summed E-state index contributed by atoms with van der Waals surface area (Å²) in [6.45, 7) is 12.9. The molecule has 0 unspecified atom stereocenters. The number of carbonyl (C=O) groups is 15. The van der Waals surface area contributed by atoms with Crippen molar-refractivity contribution in [2.75, 3.05) is 40.1 Å². The first-order valence-corrected chi connectivity index (χ1v) is 30.8. The molecule has 4 saturated heterocycles. The number of carbonyl (C=O) groups excluding carboxylic acids is 15. The van der Waals surface area contributed by atoms with Gasteiger partial charge >= 0.3 is 77.6 Å². The molecule has 4 heterocycles. The Morgan fingerprint density at radius 3 is 1.35 bits per heavy atom. The van der Waals surface area contributed by atoms with E-state index in [0.29, 0.717) is 12.8 Å². The number of rotatable bonds is 32. The van der Waals surface area contributed by atoms with Crippen LogP contribution in [0.5, 0.6) is 0 Å². The predicted molar refractivity (Wildman–Crippen MR) is 316 cm³/mol. The summed E-state index contributed by atoms with van der Waals surface area (Å²) >= 11 is 0. The van der Waals surface area contributed by atoms with Gasteiger partial charge < -0.3 is 110 Å². The van der Waals surface area contributed by atoms with E-state index in [4.69, 9.17) is 99.5 Å². The first kappa shape index (κ1) is 82.9.